The fourth-order valence-corrected chi connectivity index (χ4v) is 4.72. The molecule has 2 bridgehead atoms. The summed E-state index contributed by atoms with van der Waals surface area (Å²) >= 11 is 0. The third-order valence-corrected chi connectivity index (χ3v) is 5.33. The summed E-state index contributed by atoms with van der Waals surface area (Å²) in [6.45, 7) is 8.24. The Labute approximate surface area is 116 Å². The van der Waals surface area contributed by atoms with Gasteiger partial charge in [-0.2, -0.15) is 0 Å². The van der Waals surface area contributed by atoms with Crippen LogP contribution in [0.5, 0.6) is 0 Å². The van der Waals surface area contributed by atoms with Crippen LogP contribution in [0.1, 0.15) is 52.9 Å². The van der Waals surface area contributed by atoms with Crippen molar-refractivity contribution in [2.75, 3.05) is 13.1 Å². The van der Waals surface area contributed by atoms with E-state index in [1.165, 1.54) is 38.6 Å². The van der Waals surface area contributed by atoms with Crippen molar-refractivity contribution >= 4 is 5.97 Å². The van der Waals surface area contributed by atoms with Gasteiger partial charge in [-0.3, -0.25) is 4.79 Å². The number of hydrogen-bond acceptors (Lipinski definition) is 3. The fourth-order valence-electron chi connectivity index (χ4n) is 4.72. The van der Waals surface area contributed by atoms with E-state index in [-0.39, 0.29) is 17.5 Å². The molecule has 2 unspecified atom stereocenters. The number of fused-ring (bicyclic) bond motifs is 2. The van der Waals surface area contributed by atoms with Crippen LogP contribution in [0, 0.1) is 23.2 Å². The number of hydrogen-bond donors (Lipinski definition) is 1. The zero-order chi connectivity index (χ0) is 13.7. The largest absolute Gasteiger partial charge is 0.460 e. The molecule has 2 atom stereocenters. The van der Waals surface area contributed by atoms with Crippen molar-refractivity contribution in [2.24, 2.45) is 23.2 Å². The predicted molar refractivity (Wildman–Crippen MR) is 74.7 cm³/mol. The van der Waals surface area contributed by atoms with E-state index in [1.54, 1.807) is 0 Å². The van der Waals surface area contributed by atoms with Crippen molar-refractivity contribution in [1.82, 2.24) is 5.32 Å². The molecule has 3 heteroatoms. The summed E-state index contributed by atoms with van der Waals surface area (Å²) in [5.74, 6) is 1.41. The summed E-state index contributed by atoms with van der Waals surface area (Å²) in [5.41, 5.74) is 0.158. The molecule has 1 spiro atoms. The van der Waals surface area contributed by atoms with Gasteiger partial charge in [0.2, 0.25) is 0 Å². The SMILES string of the molecule is CC(C)(C)OC(=O)C1C2CCC1CC1(CCNC1)C2. The van der Waals surface area contributed by atoms with Crippen LogP contribution >= 0.6 is 0 Å². The van der Waals surface area contributed by atoms with Gasteiger partial charge in [-0.05, 0) is 76.7 Å². The van der Waals surface area contributed by atoms with Gasteiger partial charge in [-0.25, -0.2) is 0 Å². The molecular weight excluding hydrogens is 238 g/mol. The van der Waals surface area contributed by atoms with E-state index in [0.717, 1.165) is 6.54 Å². The Bertz CT molecular complexity index is 349. The lowest BCUT2D eigenvalue weighted by Crippen LogP contribution is -2.42. The molecule has 3 rings (SSSR count). The molecule has 3 fully saturated rings. The molecule has 19 heavy (non-hydrogen) atoms. The third-order valence-electron chi connectivity index (χ3n) is 5.33. The number of nitrogens with one attached hydrogen (secondary N) is 1. The molecule has 2 aliphatic carbocycles. The van der Waals surface area contributed by atoms with Crippen LogP contribution in [-0.2, 0) is 9.53 Å². The summed E-state index contributed by atoms with van der Waals surface area (Å²) in [4.78, 5) is 12.4. The van der Waals surface area contributed by atoms with Gasteiger partial charge < -0.3 is 10.1 Å². The van der Waals surface area contributed by atoms with Gasteiger partial charge in [0.15, 0.2) is 0 Å². The van der Waals surface area contributed by atoms with Crippen LogP contribution in [-0.4, -0.2) is 24.7 Å². The maximum atomic E-state index is 12.4. The van der Waals surface area contributed by atoms with Gasteiger partial charge in [-0.1, -0.05) is 0 Å². The van der Waals surface area contributed by atoms with Crippen molar-refractivity contribution in [2.45, 2.75) is 58.5 Å². The Morgan fingerprint density at radius 2 is 1.84 bits per heavy atom. The van der Waals surface area contributed by atoms with E-state index >= 15 is 0 Å². The van der Waals surface area contributed by atoms with Crippen LogP contribution in [0.15, 0.2) is 0 Å². The zero-order valence-electron chi connectivity index (χ0n) is 12.5. The molecule has 1 saturated heterocycles. The van der Waals surface area contributed by atoms with Crippen LogP contribution in [0.25, 0.3) is 0 Å². The lowest BCUT2D eigenvalue weighted by atomic mass is 9.64. The van der Waals surface area contributed by atoms with E-state index in [1.807, 2.05) is 20.8 Å². The van der Waals surface area contributed by atoms with Gasteiger partial charge in [0.25, 0.3) is 0 Å². The molecule has 0 amide bonds. The molecule has 0 aromatic rings. The first-order valence-corrected chi connectivity index (χ1v) is 7.82. The van der Waals surface area contributed by atoms with Crippen LogP contribution in [0.2, 0.25) is 0 Å². The quantitative estimate of drug-likeness (QED) is 0.741. The summed E-state index contributed by atoms with van der Waals surface area (Å²) in [6, 6.07) is 0. The first-order chi connectivity index (χ1) is 8.89. The average Bonchev–Trinajstić information content (AvgIpc) is 2.81. The van der Waals surface area contributed by atoms with E-state index in [0.29, 0.717) is 17.3 Å². The second-order valence-electron chi connectivity index (χ2n) is 7.99. The highest BCUT2D eigenvalue weighted by atomic mass is 16.6. The van der Waals surface area contributed by atoms with Crippen LogP contribution in [0.3, 0.4) is 0 Å². The molecule has 0 radical (unpaired) electrons. The second-order valence-corrected chi connectivity index (χ2v) is 7.99. The van der Waals surface area contributed by atoms with Gasteiger partial charge in [0, 0.05) is 6.54 Å². The maximum absolute atomic E-state index is 12.4. The Balaban J connectivity index is 1.71. The van der Waals surface area contributed by atoms with Gasteiger partial charge in [0.05, 0.1) is 5.92 Å². The van der Waals surface area contributed by atoms with E-state index in [4.69, 9.17) is 4.74 Å². The minimum Gasteiger partial charge on any atom is -0.460 e. The zero-order valence-corrected chi connectivity index (χ0v) is 12.5. The van der Waals surface area contributed by atoms with Crippen molar-refractivity contribution in [3.63, 3.8) is 0 Å². The highest BCUT2D eigenvalue weighted by Gasteiger charge is 2.53. The Hall–Kier alpha value is -0.570. The highest BCUT2D eigenvalue weighted by molar-refractivity contribution is 5.74. The lowest BCUT2D eigenvalue weighted by Gasteiger charge is -2.41. The molecule has 3 aliphatic rings. The number of esters is 1. The molecule has 0 aromatic carbocycles. The van der Waals surface area contributed by atoms with Gasteiger partial charge >= 0.3 is 5.97 Å². The first kappa shape index (κ1) is 13.4. The lowest BCUT2D eigenvalue weighted by molar-refractivity contribution is -0.165. The minimum absolute atomic E-state index is 0.0702. The molecule has 0 aromatic heterocycles. The smallest absolute Gasteiger partial charge is 0.310 e. The predicted octanol–water partition coefficient (Wildman–Crippen LogP) is 2.74. The molecule has 3 nitrogen and oxygen atoms in total. The summed E-state index contributed by atoms with van der Waals surface area (Å²) in [7, 11) is 0. The summed E-state index contributed by atoms with van der Waals surface area (Å²) in [5, 5.41) is 3.52. The molecule has 1 heterocycles. The van der Waals surface area contributed by atoms with Crippen molar-refractivity contribution in [3.8, 4) is 0 Å². The highest BCUT2D eigenvalue weighted by Crippen LogP contribution is 2.56. The first-order valence-electron chi connectivity index (χ1n) is 7.82. The molecule has 2 saturated carbocycles. The number of carbonyl (C=O) groups excluding carboxylic acids is 1. The molecule has 108 valence electrons. The maximum Gasteiger partial charge on any atom is 0.310 e. The monoisotopic (exact) mass is 265 g/mol. The van der Waals surface area contributed by atoms with E-state index in [9.17, 15) is 4.79 Å². The van der Waals surface area contributed by atoms with Crippen molar-refractivity contribution in [3.05, 3.63) is 0 Å². The molecule has 1 N–H and O–H groups in total. The minimum atomic E-state index is -0.347. The van der Waals surface area contributed by atoms with Gasteiger partial charge in [-0.15, -0.1) is 0 Å². The van der Waals surface area contributed by atoms with Crippen molar-refractivity contribution in [1.29, 1.82) is 0 Å². The molecular formula is C16H27NO2. The Kier molecular flexibility index (Phi) is 3.16. The van der Waals surface area contributed by atoms with Crippen LogP contribution < -0.4 is 5.32 Å². The third kappa shape index (κ3) is 2.54. The second kappa shape index (κ2) is 4.47. The fraction of sp³-hybridized carbons (Fsp3) is 0.938. The summed E-state index contributed by atoms with van der Waals surface area (Å²) in [6.07, 6.45) is 6.24. The van der Waals surface area contributed by atoms with Crippen LogP contribution in [0.4, 0.5) is 0 Å². The standard InChI is InChI=1S/C16H27NO2/c1-15(2,3)19-14(18)13-11-4-5-12(13)9-16(8-11)6-7-17-10-16/h11-13,17H,4-10H2,1-3H3. The number of rotatable bonds is 1. The van der Waals surface area contributed by atoms with Crippen molar-refractivity contribution < 1.29 is 9.53 Å². The molecule has 1 aliphatic heterocycles. The number of ether oxygens (including phenoxy) is 1. The number of carbonyl (C=O) groups is 1. The van der Waals surface area contributed by atoms with E-state index < -0.39 is 0 Å². The average molecular weight is 265 g/mol. The normalized spacial score (nSPS) is 41.7. The topological polar surface area (TPSA) is 38.3 Å². The van der Waals surface area contributed by atoms with E-state index in [2.05, 4.69) is 5.32 Å². The summed E-state index contributed by atoms with van der Waals surface area (Å²) < 4.78 is 5.65. The Morgan fingerprint density at radius 1 is 1.21 bits per heavy atom. The Morgan fingerprint density at radius 3 is 2.32 bits per heavy atom. The van der Waals surface area contributed by atoms with Gasteiger partial charge in [0.1, 0.15) is 5.60 Å².